The Hall–Kier alpha value is -0.0100. The van der Waals surface area contributed by atoms with E-state index >= 15 is 0 Å². The molecule has 1 aromatic carbocycles. The van der Waals surface area contributed by atoms with Crippen molar-refractivity contribution in [2.45, 2.75) is 26.2 Å². The summed E-state index contributed by atoms with van der Waals surface area (Å²) in [7, 11) is 0. The molecule has 0 nitrogen and oxygen atoms in total. The van der Waals surface area contributed by atoms with Crippen LogP contribution in [-0.4, -0.2) is 5.33 Å². The zero-order valence-electron chi connectivity index (χ0n) is 7.82. The van der Waals surface area contributed by atoms with Crippen LogP contribution in [0.1, 0.15) is 24.5 Å². The SMILES string of the molecule is CCc1cccc(Cl)c1CCCBr. The van der Waals surface area contributed by atoms with Gasteiger partial charge in [-0.2, -0.15) is 0 Å². The summed E-state index contributed by atoms with van der Waals surface area (Å²) >= 11 is 9.56. The van der Waals surface area contributed by atoms with Gasteiger partial charge in [-0.25, -0.2) is 0 Å². The minimum atomic E-state index is 0.917. The molecule has 13 heavy (non-hydrogen) atoms. The van der Waals surface area contributed by atoms with Gasteiger partial charge in [0.2, 0.25) is 0 Å². The second-order valence-electron chi connectivity index (χ2n) is 3.02. The summed E-state index contributed by atoms with van der Waals surface area (Å²) in [6, 6.07) is 6.17. The van der Waals surface area contributed by atoms with Crippen LogP contribution in [-0.2, 0) is 12.8 Å². The van der Waals surface area contributed by atoms with E-state index in [-0.39, 0.29) is 0 Å². The average Bonchev–Trinajstić information content (AvgIpc) is 2.15. The summed E-state index contributed by atoms with van der Waals surface area (Å²) in [6.07, 6.45) is 3.29. The van der Waals surface area contributed by atoms with Gasteiger partial charge in [-0.05, 0) is 36.5 Å². The summed E-state index contributed by atoms with van der Waals surface area (Å²) in [5.41, 5.74) is 2.71. The predicted molar refractivity (Wildman–Crippen MR) is 62.9 cm³/mol. The van der Waals surface area contributed by atoms with Crippen LogP contribution in [0.5, 0.6) is 0 Å². The Morgan fingerprint density at radius 1 is 1.38 bits per heavy atom. The van der Waals surface area contributed by atoms with Gasteiger partial charge in [0.25, 0.3) is 0 Å². The third-order valence-electron chi connectivity index (χ3n) is 2.16. The Morgan fingerprint density at radius 3 is 2.77 bits per heavy atom. The van der Waals surface area contributed by atoms with Crippen molar-refractivity contribution in [2.75, 3.05) is 5.33 Å². The van der Waals surface area contributed by atoms with Gasteiger partial charge in [-0.1, -0.05) is 46.6 Å². The first-order chi connectivity index (χ1) is 6.29. The molecule has 72 valence electrons. The number of halogens is 2. The van der Waals surface area contributed by atoms with Crippen molar-refractivity contribution in [2.24, 2.45) is 0 Å². The molecule has 0 radical (unpaired) electrons. The number of hydrogen-bond acceptors (Lipinski definition) is 0. The lowest BCUT2D eigenvalue weighted by Crippen LogP contribution is -1.94. The number of benzene rings is 1. The first-order valence-electron chi connectivity index (χ1n) is 4.61. The third-order valence-corrected chi connectivity index (χ3v) is 3.07. The Bertz CT molecular complexity index is 271. The highest BCUT2D eigenvalue weighted by Crippen LogP contribution is 2.22. The van der Waals surface area contributed by atoms with Gasteiger partial charge < -0.3 is 0 Å². The third kappa shape index (κ3) is 2.99. The van der Waals surface area contributed by atoms with E-state index in [1.54, 1.807) is 0 Å². The highest BCUT2D eigenvalue weighted by Gasteiger charge is 2.04. The first-order valence-corrected chi connectivity index (χ1v) is 6.11. The maximum absolute atomic E-state index is 6.13. The fourth-order valence-electron chi connectivity index (χ4n) is 1.46. The Kier molecular flexibility index (Phi) is 4.82. The first kappa shape index (κ1) is 11.1. The highest BCUT2D eigenvalue weighted by atomic mass is 79.9. The maximum Gasteiger partial charge on any atom is 0.0440 e. The molecular weight excluding hydrogens is 247 g/mol. The van der Waals surface area contributed by atoms with Gasteiger partial charge in [0.15, 0.2) is 0 Å². The molecule has 0 saturated heterocycles. The van der Waals surface area contributed by atoms with Crippen molar-refractivity contribution in [3.8, 4) is 0 Å². The van der Waals surface area contributed by atoms with Crippen LogP contribution in [0, 0.1) is 0 Å². The number of alkyl halides is 1. The molecule has 0 saturated carbocycles. The van der Waals surface area contributed by atoms with Crippen LogP contribution in [0.4, 0.5) is 0 Å². The molecule has 1 rings (SSSR count). The second kappa shape index (κ2) is 5.66. The molecule has 0 spiro atoms. The lowest BCUT2D eigenvalue weighted by atomic mass is 10.0. The minimum absolute atomic E-state index is 0.917. The van der Waals surface area contributed by atoms with E-state index in [1.807, 2.05) is 12.1 Å². The molecule has 0 N–H and O–H groups in total. The molecule has 0 fully saturated rings. The van der Waals surface area contributed by atoms with Crippen molar-refractivity contribution < 1.29 is 0 Å². The minimum Gasteiger partial charge on any atom is -0.0928 e. The average molecular weight is 262 g/mol. The van der Waals surface area contributed by atoms with Gasteiger partial charge in [0.1, 0.15) is 0 Å². The molecule has 0 aliphatic carbocycles. The highest BCUT2D eigenvalue weighted by molar-refractivity contribution is 9.09. The zero-order valence-corrected chi connectivity index (χ0v) is 10.2. The fraction of sp³-hybridized carbons (Fsp3) is 0.455. The van der Waals surface area contributed by atoms with Gasteiger partial charge in [0, 0.05) is 10.4 Å². The van der Waals surface area contributed by atoms with Crippen molar-refractivity contribution in [3.05, 3.63) is 34.3 Å². The largest absolute Gasteiger partial charge is 0.0928 e. The van der Waals surface area contributed by atoms with Crippen LogP contribution < -0.4 is 0 Å². The molecule has 0 atom stereocenters. The zero-order chi connectivity index (χ0) is 9.68. The molecule has 1 aromatic rings. The molecular formula is C11H14BrCl. The lowest BCUT2D eigenvalue weighted by Gasteiger charge is -2.08. The Labute approximate surface area is 93.4 Å². The smallest absolute Gasteiger partial charge is 0.0440 e. The molecule has 0 aromatic heterocycles. The molecule has 2 heteroatoms. The van der Waals surface area contributed by atoms with Crippen LogP contribution in [0.25, 0.3) is 0 Å². The molecule has 0 unspecified atom stereocenters. The van der Waals surface area contributed by atoms with Gasteiger partial charge in [0.05, 0.1) is 0 Å². The summed E-state index contributed by atoms with van der Waals surface area (Å²) in [4.78, 5) is 0. The quantitative estimate of drug-likeness (QED) is 0.712. The summed E-state index contributed by atoms with van der Waals surface area (Å²) in [6.45, 7) is 2.17. The van der Waals surface area contributed by atoms with E-state index in [4.69, 9.17) is 11.6 Å². The fourth-order valence-corrected chi connectivity index (χ4v) is 2.03. The molecule has 0 heterocycles. The topological polar surface area (TPSA) is 0 Å². The van der Waals surface area contributed by atoms with Crippen molar-refractivity contribution in [1.82, 2.24) is 0 Å². The van der Waals surface area contributed by atoms with Gasteiger partial charge >= 0.3 is 0 Å². The number of hydrogen-bond donors (Lipinski definition) is 0. The van der Waals surface area contributed by atoms with Crippen LogP contribution >= 0.6 is 27.5 Å². The van der Waals surface area contributed by atoms with Gasteiger partial charge in [-0.3, -0.25) is 0 Å². The van der Waals surface area contributed by atoms with Crippen molar-refractivity contribution in [3.63, 3.8) is 0 Å². The van der Waals surface area contributed by atoms with Crippen LogP contribution in [0.2, 0.25) is 5.02 Å². The van der Waals surface area contributed by atoms with E-state index in [0.717, 1.165) is 29.6 Å². The van der Waals surface area contributed by atoms with E-state index in [1.165, 1.54) is 11.1 Å². The second-order valence-corrected chi connectivity index (χ2v) is 4.22. The van der Waals surface area contributed by atoms with E-state index < -0.39 is 0 Å². The number of rotatable bonds is 4. The molecule has 0 aliphatic rings. The molecule has 0 aliphatic heterocycles. The van der Waals surface area contributed by atoms with Gasteiger partial charge in [-0.15, -0.1) is 0 Å². The van der Waals surface area contributed by atoms with E-state index in [2.05, 4.69) is 28.9 Å². The van der Waals surface area contributed by atoms with Crippen LogP contribution in [0.15, 0.2) is 18.2 Å². The lowest BCUT2D eigenvalue weighted by molar-refractivity contribution is 0.914. The van der Waals surface area contributed by atoms with Crippen molar-refractivity contribution in [1.29, 1.82) is 0 Å². The summed E-state index contributed by atoms with van der Waals surface area (Å²) in [5.74, 6) is 0. The predicted octanol–water partition coefficient (Wildman–Crippen LogP) is 4.23. The molecule has 0 bridgehead atoms. The number of aryl methyl sites for hydroxylation is 1. The normalized spacial score (nSPS) is 10.4. The molecule has 0 amide bonds. The van der Waals surface area contributed by atoms with Crippen molar-refractivity contribution >= 4 is 27.5 Å². The maximum atomic E-state index is 6.13. The van der Waals surface area contributed by atoms with Crippen LogP contribution in [0.3, 0.4) is 0 Å². The standard InChI is InChI=1S/C11H14BrCl/c1-2-9-5-3-7-11(13)10(9)6-4-8-12/h3,5,7H,2,4,6,8H2,1H3. The Balaban J connectivity index is 2.87. The van der Waals surface area contributed by atoms with E-state index in [0.29, 0.717) is 0 Å². The summed E-state index contributed by atoms with van der Waals surface area (Å²) in [5, 5.41) is 1.96. The Morgan fingerprint density at radius 2 is 2.15 bits per heavy atom. The monoisotopic (exact) mass is 260 g/mol. The van der Waals surface area contributed by atoms with E-state index in [9.17, 15) is 0 Å². The summed E-state index contributed by atoms with van der Waals surface area (Å²) < 4.78 is 0.